The Morgan fingerprint density at radius 3 is 2.04 bits per heavy atom. The van der Waals surface area contributed by atoms with E-state index in [9.17, 15) is 18.0 Å². The summed E-state index contributed by atoms with van der Waals surface area (Å²) in [5, 5.41) is 7.25. The topological polar surface area (TPSA) is 82.6 Å². The van der Waals surface area contributed by atoms with Gasteiger partial charge in [0, 0.05) is 5.56 Å². The zero-order valence-corrected chi connectivity index (χ0v) is 15.7. The lowest BCUT2D eigenvalue weighted by Crippen LogP contribution is -2.13. The summed E-state index contributed by atoms with van der Waals surface area (Å²) in [7, 11) is 0. The van der Waals surface area contributed by atoms with Crippen LogP contribution in [0.15, 0.2) is 12.1 Å². The number of hydrogen-bond donors (Lipinski definition) is 1. The van der Waals surface area contributed by atoms with Crippen LogP contribution in [0.1, 0.15) is 36.1 Å². The molecule has 0 aliphatic carbocycles. The van der Waals surface area contributed by atoms with Crippen molar-refractivity contribution in [2.45, 2.75) is 26.9 Å². The number of anilines is 1. The van der Waals surface area contributed by atoms with Crippen molar-refractivity contribution in [1.29, 1.82) is 0 Å². The molecule has 11 heteroatoms. The van der Waals surface area contributed by atoms with E-state index >= 15 is 0 Å². The minimum absolute atomic E-state index is 0.120. The summed E-state index contributed by atoms with van der Waals surface area (Å²) >= 11 is 0.237. The summed E-state index contributed by atoms with van der Waals surface area (Å²) in [4.78, 5) is 12.4. The quantitative estimate of drug-likeness (QED) is 0.715. The molecular weight excluding hydrogens is 387 g/mol. The molecular formula is C16H18F3N3O4S. The van der Waals surface area contributed by atoms with E-state index in [1.165, 1.54) is 12.1 Å². The summed E-state index contributed by atoms with van der Waals surface area (Å²) in [6.07, 6.45) is -4.62. The van der Waals surface area contributed by atoms with Crippen LogP contribution in [0.2, 0.25) is 0 Å². The molecule has 0 aliphatic heterocycles. The van der Waals surface area contributed by atoms with Crippen LogP contribution in [0.25, 0.3) is 0 Å². The molecule has 0 saturated heterocycles. The first kappa shape index (κ1) is 20.7. The molecule has 27 heavy (non-hydrogen) atoms. The monoisotopic (exact) mass is 405 g/mol. The van der Waals surface area contributed by atoms with Crippen molar-refractivity contribution in [1.82, 2.24) is 10.2 Å². The maximum Gasteiger partial charge on any atom is 0.445 e. The number of nitrogens with zero attached hydrogens (tertiary/aromatic N) is 2. The molecule has 1 N–H and O–H groups in total. The van der Waals surface area contributed by atoms with E-state index in [1.54, 1.807) is 20.8 Å². The van der Waals surface area contributed by atoms with Gasteiger partial charge in [0.2, 0.25) is 15.9 Å². The largest absolute Gasteiger partial charge is 0.490 e. The average molecular weight is 405 g/mol. The highest BCUT2D eigenvalue weighted by Crippen LogP contribution is 2.39. The molecule has 0 bridgehead atoms. The minimum atomic E-state index is -4.62. The van der Waals surface area contributed by atoms with E-state index in [4.69, 9.17) is 14.2 Å². The second-order valence-electron chi connectivity index (χ2n) is 4.96. The summed E-state index contributed by atoms with van der Waals surface area (Å²) in [6.45, 7) is 6.33. The molecule has 0 saturated carbocycles. The molecule has 0 unspecified atom stereocenters. The van der Waals surface area contributed by atoms with Crippen LogP contribution < -0.4 is 19.5 Å². The number of aromatic nitrogens is 2. The van der Waals surface area contributed by atoms with Crippen molar-refractivity contribution in [3.05, 3.63) is 22.7 Å². The highest BCUT2D eigenvalue weighted by atomic mass is 32.1. The number of rotatable bonds is 8. The van der Waals surface area contributed by atoms with Gasteiger partial charge in [0.25, 0.3) is 5.91 Å². The highest BCUT2D eigenvalue weighted by Gasteiger charge is 2.35. The Kier molecular flexibility index (Phi) is 6.83. The van der Waals surface area contributed by atoms with Gasteiger partial charge in [-0.1, -0.05) is 11.3 Å². The zero-order valence-electron chi connectivity index (χ0n) is 14.8. The SMILES string of the molecule is CCOc1cc(C(=O)Nc2nnc(C(F)(F)F)s2)cc(OCC)c1OCC. The smallest absolute Gasteiger partial charge is 0.445 e. The van der Waals surface area contributed by atoms with Crippen LogP contribution in [0.4, 0.5) is 18.3 Å². The van der Waals surface area contributed by atoms with Crippen molar-refractivity contribution in [2.24, 2.45) is 0 Å². The van der Waals surface area contributed by atoms with Crippen molar-refractivity contribution in [3.63, 3.8) is 0 Å². The molecule has 0 radical (unpaired) electrons. The van der Waals surface area contributed by atoms with E-state index in [-0.39, 0.29) is 22.0 Å². The van der Waals surface area contributed by atoms with Crippen LogP contribution in [-0.4, -0.2) is 35.9 Å². The maximum absolute atomic E-state index is 12.6. The Bertz CT molecular complexity index is 768. The zero-order chi connectivity index (χ0) is 20.0. The normalized spacial score (nSPS) is 11.2. The second kappa shape index (κ2) is 8.89. The fraction of sp³-hybridized carbons (Fsp3) is 0.438. The second-order valence-corrected chi connectivity index (χ2v) is 5.94. The van der Waals surface area contributed by atoms with Gasteiger partial charge in [0.05, 0.1) is 19.8 Å². The van der Waals surface area contributed by atoms with E-state index in [0.717, 1.165) is 0 Å². The lowest BCUT2D eigenvalue weighted by molar-refractivity contribution is -0.138. The number of nitrogens with one attached hydrogen (secondary N) is 1. The van der Waals surface area contributed by atoms with Crippen LogP contribution >= 0.6 is 11.3 Å². The summed E-state index contributed by atoms with van der Waals surface area (Å²) in [6, 6.07) is 2.86. The molecule has 0 spiro atoms. The van der Waals surface area contributed by atoms with Gasteiger partial charge in [-0.2, -0.15) is 13.2 Å². The molecule has 7 nitrogen and oxygen atoms in total. The van der Waals surface area contributed by atoms with E-state index in [1.807, 2.05) is 0 Å². The third-order valence-electron chi connectivity index (χ3n) is 3.06. The van der Waals surface area contributed by atoms with Crippen LogP contribution in [0, 0.1) is 0 Å². The van der Waals surface area contributed by atoms with E-state index in [2.05, 4.69) is 15.5 Å². The third-order valence-corrected chi connectivity index (χ3v) is 3.94. The summed E-state index contributed by atoms with van der Waals surface area (Å²) < 4.78 is 54.4. The van der Waals surface area contributed by atoms with Crippen molar-refractivity contribution >= 4 is 22.4 Å². The lowest BCUT2D eigenvalue weighted by Gasteiger charge is -2.16. The summed E-state index contributed by atoms with van der Waals surface area (Å²) in [5.74, 6) is 0.269. The van der Waals surface area contributed by atoms with Crippen molar-refractivity contribution in [2.75, 3.05) is 25.1 Å². The fourth-order valence-electron chi connectivity index (χ4n) is 2.08. The molecule has 0 fully saturated rings. The number of carbonyl (C=O) groups is 1. The first-order chi connectivity index (χ1) is 12.8. The van der Waals surface area contributed by atoms with Crippen molar-refractivity contribution < 1.29 is 32.2 Å². The van der Waals surface area contributed by atoms with Crippen LogP contribution in [0.5, 0.6) is 17.2 Å². The van der Waals surface area contributed by atoms with Crippen molar-refractivity contribution in [3.8, 4) is 17.2 Å². The van der Waals surface area contributed by atoms with E-state index < -0.39 is 17.1 Å². The molecule has 1 aromatic carbocycles. The number of alkyl halides is 3. The van der Waals surface area contributed by atoms with E-state index in [0.29, 0.717) is 37.1 Å². The van der Waals surface area contributed by atoms with Gasteiger partial charge >= 0.3 is 6.18 Å². The Balaban J connectivity index is 2.32. The Hall–Kier alpha value is -2.56. The third kappa shape index (κ3) is 5.22. The number of amides is 1. The molecule has 1 amide bonds. The molecule has 2 aromatic rings. The standard InChI is InChI=1S/C16H18F3N3O4S/c1-4-24-10-7-9(8-11(25-5-2)12(10)26-6-3)13(23)20-15-22-21-14(27-15)16(17,18)19/h7-8H,4-6H2,1-3H3,(H,20,22,23). The summed E-state index contributed by atoms with van der Waals surface area (Å²) in [5.41, 5.74) is 0.120. The van der Waals surface area contributed by atoms with Gasteiger partial charge in [-0.05, 0) is 32.9 Å². The van der Waals surface area contributed by atoms with Crippen LogP contribution in [-0.2, 0) is 6.18 Å². The highest BCUT2D eigenvalue weighted by molar-refractivity contribution is 7.15. The first-order valence-corrected chi connectivity index (χ1v) is 8.90. The van der Waals surface area contributed by atoms with Gasteiger partial charge < -0.3 is 14.2 Å². The number of ether oxygens (including phenoxy) is 3. The minimum Gasteiger partial charge on any atom is -0.490 e. The molecule has 1 aromatic heterocycles. The molecule has 0 atom stereocenters. The van der Waals surface area contributed by atoms with Gasteiger partial charge in [-0.15, -0.1) is 10.2 Å². The predicted octanol–water partition coefficient (Wildman–Crippen LogP) is 4.01. The van der Waals surface area contributed by atoms with Crippen LogP contribution in [0.3, 0.4) is 0 Å². The first-order valence-electron chi connectivity index (χ1n) is 8.08. The lowest BCUT2D eigenvalue weighted by atomic mass is 10.1. The number of halogens is 3. The van der Waals surface area contributed by atoms with Gasteiger partial charge in [-0.25, -0.2) is 0 Å². The molecule has 2 rings (SSSR count). The Morgan fingerprint density at radius 1 is 1.04 bits per heavy atom. The fourth-order valence-corrected chi connectivity index (χ4v) is 2.68. The van der Waals surface area contributed by atoms with Gasteiger partial charge in [-0.3, -0.25) is 10.1 Å². The predicted molar refractivity (Wildman–Crippen MR) is 92.8 cm³/mol. The number of hydrogen-bond acceptors (Lipinski definition) is 7. The van der Waals surface area contributed by atoms with Gasteiger partial charge in [0.1, 0.15) is 0 Å². The number of benzene rings is 1. The Morgan fingerprint density at radius 2 is 1.59 bits per heavy atom. The molecule has 148 valence electrons. The maximum atomic E-state index is 12.6. The average Bonchev–Trinajstić information content (AvgIpc) is 3.06. The molecule has 0 aliphatic rings. The number of carbonyl (C=O) groups excluding carboxylic acids is 1. The van der Waals surface area contributed by atoms with Gasteiger partial charge in [0.15, 0.2) is 11.5 Å². The Labute approximate surface area is 157 Å². The molecule has 1 heterocycles.